The van der Waals surface area contributed by atoms with Gasteiger partial charge < -0.3 is 14.2 Å². The van der Waals surface area contributed by atoms with Crippen LogP contribution in [-0.4, -0.2) is 43.8 Å². The summed E-state index contributed by atoms with van der Waals surface area (Å²) in [6, 6.07) is 11.0. The van der Waals surface area contributed by atoms with Crippen molar-refractivity contribution in [1.29, 1.82) is 0 Å². The first-order valence-corrected chi connectivity index (χ1v) is 15.7. The highest BCUT2D eigenvalue weighted by Crippen LogP contribution is 2.49. The van der Waals surface area contributed by atoms with Gasteiger partial charge in [0.1, 0.15) is 11.9 Å². The van der Waals surface area contributed by atoms with Crippen LogP contribution in [0.5, 0.6) is 5.75 Å². The van der Waals surface area contributed by atoms with Crippen molar-refractivity contribution in [3.63, 3.8) is 0 Å². The molecule has 3 aromatic rings. The Morgan fingerprint density at radius 3 is 2.22 bits per heavy atom. The molecular formula is C37H37F6NO5. The van der Waals surface area contributed by atoms with Crippen molar-refractivity contribution in [3.05, 3.63) is 93.6 Å². The lowest BCUT2D eigenvalue weighted by Crippen LogP contribution is -2.35. The molecule has 0 N–H and O–H groups in total. The molecule has 0 bridgehead atoms. The van der Waals surface area contributed by atoms with E-state index in [4.69, 9.17) is 14.2 Å². The van der Waals surface area contributed by atoms with Gasteiger partial charge in [0.2, 0.25) is 0 Å². The van der Waals surface area contributed by atoms with Crippen LogP contribution in [0.4, 0.5) is 31.1 Å². The van der Waals surface area contributed by atoms with Gasteiger partial charge in [-0.15, -0.1) is 0 Å². The van der Waals surface area contributed by atoms with Gasteiger partial charge in [-0.25, -0.2) is 9.59 Å². The van der Waals surface area contributed by atoms with Crippen LogP contribution in [0.25, 0.3) is 16.7 Å². The second kappa shape index (κ2) is 13.1. The predicted octanol–water partition coefficient (Wildman–Crippen LogP) is 10.0. The molecule has 2 atom stereocenters. The molecule has 5 rings (SSSR count). The van der Waals surface area contributed by atoms with Crippen molar-refractivity contribution < 1.29 is 50.1 Å². The highest BCUT2D eigenvalue weighted by Gasteiger charge is 2.43. The fraction of sp³-hybridized carbons (Fsp3) is 0.405. The molecule has 1 amide bonds. The first kappa shape index (κ1) is 35.8. The topological polar surface area (TPSA) is 65.1 Å². The third kappa shape index (κ3) is 7.43. The van der Waals surface area contributed by atoms with Gasteiger partial charge in [-0.1, -0.05) is 37.6 Å². The van der Waals surface area contributed by atoms with E-state index in [0.717, 1.165) is 29.3 Å². The maximum absolute atomic E-state index is 14.5. The standard InChI is InChI=1S/C37H37F6NO5/c1-20-13-24(15-26(14-20)36(38,39)40)32-21(2)44(34(46)49-32)19-25-18-35(3,4)12-11-27(25)29-16-28(30(37(41,42)43)17-31(29)47-5)22-7-9-23(10-8-22)33(45)48-6/h7-10,13-17,21,32H,11-12,18-19H2,1-6H3/t21-,32-/m0/s1. The molecule has 3 aromatic carbocycles. The van der Waals surface area contributed by atoms with Crippen LogP contribution in [0.15, 0.2) is 60.2 Å². The van der Waals surface area contributed by atoms with E-state index >= 15 is 0 Å². The molecular weight excluding hydrogens is 652 g/mol. The minimum atomic E-state index is -4.74. The van der Waals surface area contributed by atoms with Crippen molar-refractivity contribution in [2.24, 2.45) is 5.41 Å². The molecule has 262 valence electrons. The molecule has 49 heavy (non-hydrogen) atoms. The third-order valence-electron chi connectivity index (χ3n) is 9.27. The number of esters is 1. The normalized spacial score (nSPS) is 19.6. The largest absolute Gasteiger partial charge is 0.496 e. The van der Waals surface area contributed by atoms with Crippen LogP contribution in [0.3, 0.4) is 0 Å². The maximum atomic E-state index is 14.5. The van der Waals surface area contributed by atoms with E-state index in [0.29, 0.717) is 30.4 Å². The van der Waals surface area contributed by atoms with E-state index < -0.39 is 47.7 Å². The summed E-state index contributed by atoms with van der Waals surface area (Å²) in [6.07, 6.45) is -9.31. The monoisotopic (exact) mass is 689 g/mol. The second-order valence-corrected chi connectivity index (χ2v) is 13.4. The van der Waals surface area contributed by atoms with E-state index in [9.17, 15) is 35.9 Å². The molecule has 12 heteroatoms. The summed E-state index contributed by atoms with van der Waals surface area (Å²) in [6.45, 7) is 7.41. The Hall–Kier alpha value is -4.48. The van der Waals surface area contributed by atoms with Gasteiger partial charge >= 0.3 is 24.4 Å². The first-order chi connectivity index (χ1) is 22.8. The molecule has 6 nitrogen and oxygen atoms in total. The highest BCUT2D eigenvalue weighted by atomic mass is 19.4. The molecule has 1 aliphatic heterocycles. The Bertz CT molecular complexity index is 1790. The number of benzene rings is 3. The van der Waals surface area contributed by atoms with E-state index in [1.165, 1.54) is 49.5 Å². The first-order valence-electron chi connectivity index (χ1n) is 15.7. The van der Waals surface area contributed by atoms with Gasteiger partial charge in [-0.05, 0) is 103 Å². The Balaban J connectivity index is 1.60. The second-order valence-electron chi connectivity index (χ2n) is 13.4. The van der Waals surface area contributed by atoms with Crippen LogP contribution in [0.1, 0.15) is 84.3 Å². The summed E-state index contributed by atoms with van der Waals surface area (Å²) in [5, 5.41) is 0. The zero-order valence-electron chi connectivity index (χ0n) is 27.9. The quantitative estimate of drug-likeness (QED) is 0.183. The fourth-order valence-corrected chi connectivity index (χ4v) is 6.76. The van der Waals surface area contributed by atoms with Crippen LogP contribution in [0.2, 0.25) is 0 Å². The minimum Gasteiger partial charge on any atom is -0.496 e. The molecule has 1 heterocycles. The fourth-order valence-electron chi connectivity index (χ4n) is 6.76. The number of methoxy groups -OCH3 is 2. The summed E-state index contributed by atoms with van der Waals surface area (Å²) >= 11 is 0. The van der Waals surface area contributed by atoms with E-state index in [1.807, 2.05) is 0 Å². The van der Waals surface area contributed by atoms with Crippen LogP contribution in [0, 0.1) is 12.3 Å². The number of hydrogen-bond donors (Lipinski definition) is 0. The zero-order valence-corrected chi connectivity index (χ0v) is 27.9. The number of cyclic esters (lactones) is 1. The molecule has 0 saturated carbocycles. The molecule has 0 aromatic heterocycles. The summed E-state index contributed by atoms with van der Waals surface area (Å²) in [5.41, 5.74) is 0.828. The van der Waals surface area contributed by atoms with E-state index in [1.54, 1.807) is 19.9 Å². The van der Waals surface area contributed by atoms with Gasteiger partial charge in [-0.2, -0.15) is 26.3 Å². The lowest BCUT2D eigenvalue weighted by atomic mass is 9.72. The van der Waals surface area contributed by atoms with Crippen LogP contribution < -0.4 is 4.74 Å². The number of amides is 1. The van der Waals surface area contributed by atoms with Crippen LogP contribution in [-0.2, 0) is 21.8 Å². The van der Waals surface area contributed by atoms with Crippen molar-refractivity contribution in [2.45, 2.75) is 71.5 Å². The van der Waals surface area contributed by atoms with Crippen molar-refractivity contribution in [3.8, 4) is 16.9 Å². The molecule has 1 fully saturated rings. The number of carbonyl (C=O) groups is 2. The molecule has 0 unspecified atom stereocenters. The number of alkyl halides is 6. The lowest BCUT2D eigenvalue weighted by molar-refractivity contribution is -0.138. The highest BCUT2D eigenvalue weighted by molar-refractivity contribution is 5.90. The average molecular weight is 690 g/mol. The smallest absolute Gasteiger partial charge is 0.417 e. The molecule has 1 saturated heterocycles. The van der Waals surface area contributed by atoms with E-state index in [2.05, 4.69) is 13.8 Å². The van der Waals surface area contributed by atoms with Crippen LogP contribution >= 0.6 is 0 Å². The molecule has 0 radical (unpaired) electrons. The lowest BCUT2D eigenvalue weighted by Gasteiger charge is -2.36. The maximum Gasteiger partial charge on any atom is 0.417 e. The summed E-state index contributed by atoms with van der Waals surface area (Å²) in [7, 11) is 2.50. The SMILES string of the molecule is COC(=O)c1ccc(-c2cc(C3=C(CN4C(=O)O[C@H](c5cc(C)cc(C(F)(F)F)c5)[C@@H]4C)CC(C)(C)CC3)c(OC)cc2C(F)(F)F)cc1. The van der Waals surface area contributed by atoms with Crippen molar-refractivity contribution >= 4 is 17.6 Å². The Labute approximate surface area is 280 Å². The van der Waals surface area contributed by atoms with Gasteiger partial charge in [0.05, 0.1) is 37.0 Å². The van der Waals surface area contributed by atoms with E-state index in [-0.39, 0.29) is 40.0 Å². The summed E-state index contributed by atoms with van der Waals surface area (Å²) in [5.74, 6) is -0.624. The number of hydrogen-bond acceptors (Lipinski definition) is 5. The summed E-state index contributed by atoms with van der Waals surface area (Å²) in [4.78, 5) is 26.7. The molecule has 2 aliphatic rings. The Kier molecular flexibility index (Phi) is 9.57. The number of halogens is 6. The van der Waals surface area contributed by atoms with Gasteiger partial charge in [0.25, 0.3) is 0 Å². The number of ether oxygens (including phenoxy) is 3. The van der Waals surface area contributed by atoms with Gasteiger partial charge in [-0.3, -0.25) is 4.90 Å². The number of allylic oxidation sites excluding steroid dienone is 1. The van der Waals surface area contributed by atoms with Crippen molar-refractivity contribution in [1.82, 2.24) is 4.90 Å². The molecule has 0 spiro atoms. The zero-order chi connectivity index (χ0) is 36.1. The van der Waals surface area contributed by atoms with Gasteiger partial charge in [0, 0.05) is 12.1 Å². The van der Waals surface area contributed by atoms with Crippen molar-refractivity contribution in [2.75, 3.05) is 20.8 Å². The summed E-state index contributed by atoms with van der Waals surface area (Å²) < 4.78 is 100. The number of nitrogens with zero attached hydrogens (tertiary/aromatic N) is 1. The number of aryl methyl sites for hydroxylation is 1. The Morgan fingerprint density at radius 1 is 0.959 bits per heavy atom. The minimum absolute atomic E-state index is 0.00354. The Morgan fingerprint density at radius 2 is 1.63 bits per heavy atom. The number of rotatable bonds is 7. The third-order valence-corrected chi connectivity index (χ3v) is 9.27. The molecule has 1 aliphatic carbocycles. The predicted molar refractivity (Wildman–Crippen MR) is 171 cm³/mol. The van der Waals surface area contributed by atoms with Gasteiger partial charge in [0.15, 0.2) is 0 Å². The number of carbonyl (C=O) groups excluding carboxylic acids is 2. The average Bonchev–Trinajstić information content (AvgIpc) is 3.31.